The van der Waals surface area contributed by atoms with Gasteiger partial charge in [0, 0.05) is 18.0 Å². The van der Waals surface area contributed by atoms with Crippen molar-refractivity contribution in [3.63, 3.8) is 0 Å². The second-order valence-corrected chi connectivity index (χ2v) is 6.98. The predicted molar refractivity (Wildman–Crippen MR) is 95.1 cm³/mol. The molecule has 23 heavy (non-hydrogen) atoms. The molecule has 1 N–H and O–H groups in total. The zero-order valence-electron chi connectivity index (χ0n) is 14.4. The van der Waals surface area contributed by atoms with Gasteiger partial charge in [0.15, 0.2) is 0 Å². The average Bonchev–Trinajstić information content (AvgIpc) is 3.10. The third-order valence-electron chi connectivity index (χ3n) is 5.11. The molecule has 124 valence electrons. The van der Waals surface area contributed by atoms with Gasteiger partial charge in [-0.1, -0.05) is 32.0 Å². The van der Waals surface area contributed by atoms with Gasteiger partial charge in [-0.25, -0.2) is 0 Å². The Morgan fingerprint density at radius 3 is 2.39 bits per heavy atom. The molecule has 0 saturated carbocycles. The van der Waals surface area contributed by atoms with Crippen LogP contribution in [0.4, 0.5) is 5.69 Å². The summed E-state index contributed by atoms with van der Waals surface area (Å²) in [4.78, 5) is 4.24. The highest BCUT2D eigenvalue weighted by molar-refractivity contribution is 5.46. The van der Waals surface area contributed by atoms with E-state index in [-0.39, 0.29) is 0 Å². The van der Waals surface area contributed by atoms with Crippen LogP contribution in [0.25, 0.3) is 0 Å². The summed E-state index contributed by atoms with van der Waals surface area (Å²) in [7, 11) is 0. The maximum Gasteiger partial charge on any atom is 0.107 e. The molecular weight excluding hydrogens is 284 g/mol. The zero-order chi connectivity index (χ0) is 16.1. The Morgan fingerprint density at radius 1 is 1.04 bits per heavy atom. The van der Waals surface area contributed by atoms with Crippen LogP contribution in [0.1, 0.15) is 31.9 Å². The van der Waals surface area contributed by atoms with E-state index < -0.39 is 0 Å². The molecule has 0 spiro atoms. The van der Waals surface area contributed by atoms with Crippen molar-refractivity contribution in [3.05, 3.63) is 54.5 Å². The summed E-state index contributed by atoms with van der Waals surface area (Å²) >= 11 is 0. The van der Waals surface area contributed by atoms with Gasteiger partial charge < -0.3 is 14.2 Å². The Balaban J connectivity index is 1.49. The van der Waals surface area contributed by atoms with E-state index in [9.17, 15) is 0 Å². The SMILES string of the molecule is CC(C)[C@H](CC[NH+]1CCN(c2ccccc2)CC1)c1ccco1. The molecule has 0 radical (unpaired) electrons. The van der Waals surface area contributed by atoms with Gasteiger partial charge in [-0.15, -0.1) is 0 Å². The van der Waals surface area contributed by atoms with Crippen LogP contribution in [0.15, 0.2) is 53.1 Å². The molecule has 3 heteroatoms. The van der Waals surface area contributed by atoms with E-state index in [1.54, 1.807) is 11.2 Å². The lowest BCUT2D eigenvalue weighted by Crippen LogP contribution is -3.14. The lowest BCUT2D eigenvalue weighted by atomic mass is 9.90. The number of nitrogens with zero attached hydrogens (tertiary/aromatic N) is 1. The van der Waals surface area contributed by atoms with E-state index in [0.29, 0.717) is 11.8 Å². The molecule has 1 atom stereocenters. The number of hydrogen-bond donors (Lipinski definition) is 1. The van der Waals surface area contributed by atoms with E-state index in [1.807, 2.05) is 6.07 Å². The van der Waals surface area contributed by atoms with Gasteiger partial charge in [0.2, 0.25) is 0 Å². The van der Waals surface area contributed by atoms with Crippen molar-refractivity contribution in [2.45, 2.75) is 26.2 Å². The third kappa shape index (κ3) is 4.17. The summed E-state index contributed by atoms with van der Waals surface area (Å²) in [6.45, 7) is 10.6. The fourth-order valence-electron chi connectivity index (χ4n) is 3.64. The molecule has 2 heterocycles. The second-order valence-electron chi connectivity index (χ2n) is 6.98. The number of rotatable bonds is 6. The molecule has 3 nitrogen and oxygen atoms in total. The van der Waals surface area contributed by atoms with Crippen LogP contribution in [0.3, 0.4) is 0 Å². The van der Waals surface area contributed by atoms with E-state index in [4.69, 9.17) is 4.42 Å². The summed E-state index contributed by atoms with van der Waals surface area (Å²) in [6, 6.07) is 14.9. The Bertz CT molecular complexity index is 557. The number of quaternary nitrogens is 1. The van der Waals surface area contributed by atoms with Crippen LogP contribution in [-0.4, -0.2) is 32.7 Å². The molecule has 1 aliphatic rings. The van der Waals surface area contributed by atoms with E-state index in [2.05, 4.69) is 55.1 Å². The first-order valence-corrected chi connectivity index (χ1v) is 8.91. The molecule has 1 saturated heterocycles. The lowest BCUT2D eigenvalue weighted by molar-refractivity contribution is -0.901. The number of hydrogen-bond acceptors (Lipinski definition) is 2. The van der Waals surface area contributed by atoms with Gasteiger partial charge in [-0.3, -0.25) is 0 Å². The Labute approximate surface area is 139 Å². The van der Waals surface area contributed by atoms with E-state index >= 15 is 0 Å². The van der Waals surface area contributed by atoms with Crippen LogP contribution in [0, 0.1) is 5.92 Å². The fourth-order valence-corrected chi connectivity index (χ4v) is 3.64. The standard InChI is InChI=1S/C20H28N2O/c1-17(2)19(20-9-6-16-23-20)10-11-21-12-14-22(15-13-21)18-7-4-3-5-8-18/h3-9,16-17,19H,10-15H2,1-2H3/p+1/t19-/m0/s1. The van der Waals surface area contributed by atoms with Crippen LogP contribution in [-0.2, 0) is 0 Å². The number of para-hydroxylation sites is 1. The number of anilines is 1. The molecule has 1 aromatic heterocycles. The minimum atomic E-state index is 0.546. The molecule has 1 fully saturated rings. The van der Waals surface area contributed by atoms with Crippen molar-refractivity contribution >= 4 is 5.69 Å². The van der Waals surface area contributed by atoms with Crippen LogP contribution in [0.2, 0.25) is 0 Å². The van der Waals surface area contributed by atoms with Gasteiger partial charge in [0.25, 0.3) is 0 Å². The largest absolute Gasteiger partial charge is 0.469 e. The number of furan rings is 1. The van der Waals surface area contributed by atoms with Crippen LogP contribution in [0.5, 0.6) is 0 Å². The smallest absolute Gasteiger partial charge is 0.107 e. The van der Waals surface area contributed by atoms with Gasteiger partial charge >= 0.3 is 0 Å². The minimum absolute atomic E-state index is 0.546. The Kier molecular flexibility index (Phi) is 5.39. The van der Waals surface area contributed by atoms with Crippen LogP contribution < -0.4 is 9.80 Å². The van der Waals surface area contributed by atoms with Crippen molar-refractivity contribution in [1.82, 2.24) is 0 Å². The summed E-state index contributed by atoms with van der Waals surface area (Å²) in [5.41, 5.74) is 1.36. The maximum atomic E-state index is 5.65. The van der Waals surface area contributed by atoms with E-state index in [1.165, 1.54) is 31.7 Å². The topological polar surface area (TPSA) is 20.8 Å². The molecule has 0 bridgehead atoms. The van der Waals surface area contributed by atoms with Gasteiger partial charge in [-0.2, -0.15) is 0 Å². The Hall–Kier alpha value is -1.74. The molecular formula is C20H29N2O+. The normalized spacial score (nSPS) is 17.6. The lowest BCUT2D eigenvalue weighted by Gasteiger charge is -2.34. The molecule has 2 aromatic rings. The third-order valence-corrected chi connectivity index (χ3v) is 5.11. The first kappa shape index (κ1) is 16.1. The van der Waals surface area contributed by atoms with Crippen molar-refractivity contribution < 1.29 is 9.32 Å². The second kappa shape index (κ2) is 7.69. The highest BCUT2D eigenvalue weighted by atomic mass is 16.3. The number of benzene rings is 1. The fraction of sp³-hybridized carbons (Fsp3) is 0.500. The quantitative estimate of drug-likeness (QED) is 0.885. The van der Waals surface area contributed by atoms with Crippen molar-refractivity contribution in [3.8, 4) is 0 Å². The Morgan fingerprint density at radius 2 is 1.78 bits per heavy atom. The molecule has 3 rings (SSSR count). The maximum absolute atomic E-state index is 5.65. The first-order chi connectivity index (χ1) is 11.2. The highest BCUT2D eigenvalue weighted by Gasteiger charge is 2.24. The van der Waals surface area contributed by atoms with Gasteiger partial charge in [-0.05, 0) is 30.2 Å². The zero-order valence-corrected chi connectivity index (χ0v) is 14.4. The first-order valence-electron chi connectivity index (χ1n) is 8.91. The van der Waals surface area contributed by atoms with Crippen molar-refractivity contribution in [1.29, 1.82) is 0 Å². The van der Waals surface area contributed by atoms with Gasteiger partial charge in [0.1, 0.15) is 5.76 Å². The average molecular weight is 313 g/mol. The van der Waals surface area contributed by atoms with E-state index in [0.717, 1.165) is 18.8 Å². The summed E-state index contributed by atoms with van der Waals surface area (Å²) in [5.74, 6) is 2.33. The molecule has 1 aliphatic heterocycles. The number of piperazine rings is 1. The molecule has 1 aromatic carbocycles. The summed E-state index contributed by atoms with van der Waals surface area (Å²) < 4.78 is 5.65. The van der Waals surface area contributed by atoms with Crippen LogP contribution >= 0.6 is 0 Å². The van der Waals surface area contributed by atoms with Crippen molar-refractivity contribution in [2.75, 3.05) is 37.6 Å². The molecule has 0 aliphatic carbocycles. The summed E-state index contributed by atoms with van der Waals surface area (Å²) in [6.07, 6.45) is 3.02. The molecule has 0 amide bonds. The van der Waals surface area contributed by atoms with Crippen molar-refractivity contribution in [2.24, 2.45) is 5.92 Å². The number of nitrogens with one attached hydrogen (secondary N) is 1. The van der Waals surface area contributed by atoms with Gasteiger partial charge in [0.05, 0.1) is 39.0 Å². The summed E-state index contributed by atoms with van der Waals surface area (Å²) in [5, 5.41) is 0. The minimum Gasteiger partial charge on any atom is -0.469 e. The predicted octanol–water partition coefficient (Wildman–Crippen LogP) is 2.81. The monoisotopic (exact) mass is 313 g/mol. The highest BCUT2D eigenvalue weighted by Crippen LogP contribution is 2.27. The molecule has 0 unspecified atom stereocenters.